The van der Waals surface area contributed by atoms with Crippen LogP contribution in [0.2, 0.25) is 0 Å². The van der Waals surface area contributed by atoms with Gasteiger partial charge in [0.1, 0.15) is 6.07 Å². The van der Waals surface area contributed by atoms with Gasteiger partial charge in [-0.25, -0.2) is 0 Å². The summed E-state index contributed by atoms with van der Waals surface area (Å²) in [5.41, 5.74) is 2.62. The van der Waals surface area contributed by atoms with E-state index in [0.29, 0.717) is 23.4 Å². The highest BCUT2D eigenvalue weighted by Gasteiger charge is 2.14. The lowest BCUT2D eigenvalue weighted by molar-refractivity contribution is 0.0947. The van der Waals surface area contributed by atoms with Crippen molar-refractivity contribution in [1.82, 2.24) is 5.32 Å². The lowest BCUT2D eigenvalue weighted by Gasteiger charge is -2.11. The predicted molar refractivity (Wildman–Crippen MR) is 126 cm³/mol. The Labute approximate surface area is 195 Å². The molecule has 0 atom stereocenters. The molecule has 1 heterocycles. The van der Waals surface area contributed by atoms with Crippen LogP contribution in [-0.4, -0.2) is 11.8 Å². The molecule has 2 amide bonds. The third kappa shape index (κ3) is 5.50. The Morgan fingerprint density at radius 2 is 1.58 bits per heavy atom. The van der Waals surface area contributed by atoms with Crippen LogP contribution in [0.3, 0.4) is 0 Å². The molecule has 0 unspecified atom stereocenters. The average Bonchev–Trinajstić information content (AvgIpc) is 3.39. The molecular weight excluding hydrogens is 434 g/mol. The molecule has 0 saturated carbocycles. The topological polar surface area (TPSA) is 95.1 Å². The summed E-state index contributed by atoms with van der Waals surface area (Å²) in [6, 6.07) is 27.2. The van der Waals surface area contributed by atoms with Crippen LogP contribution in [-0.2, 0) is 6.54 Å². The molecule has 0 radical (unpaired) electrons. The van der Waals surface area contributed by atoms with Crippen LogP contribution < -0.4 is 10.6 Å². The summed E-state index contributed by atoms with van der Waals surface area (Å²) in [5.74, 6) is -0.295. The second kappa shape index (κ2) is 10.4. The Bertz CT molecular complexity index is 1310. The van der Waals surface area contributed by atoms with Gasteiger partial charge in [0.2, 0.25) is 0 Å². The first-order valence-electron chi connectivity index (χ1n) is 10.1. The van der Waals surface area contributed by atoms with Crippen LogP contribution in [0.4, 0.5) is 5.69 Å². The zero-order chi connectivity index (χ0) is 23.0. The number of furan rings is 1. The van der Waals surface area contributed by atoms with Crippen LogP contribution in [0, 0.1) is 11.3 Å². The number of anilines is 1. The molecule has 6 nitrogen and oxygen atoms in total. The summed E-state index contributed by atoms with van der Waals surface area (Å²) in [4.78, 5) is 26.5. The van der Waals surface area contributed by atoms with E-state index in [0.717, 1.165) is 15.4 Å². The van der Waals surface area contributed by atoms with E-state index in [9.17, 15) is 14.9 Å². The van der Waals surface area contributed by atoms with Crippen LogP contribution in [0.25, 0.3) is 0 Å². The van der Waals surface area contributed by atoms with Gasteiger partial charge in [-0.1, -0.05) is 48.2 Å². The lowest BCUT2D eigenvalue weighted by atomic mass is 10.1. The molecule has 7 heteroatoms. The van der Waals surface area contributed by atoms with Crippen molar-refractivity contribution in [2.45, 2.75) is 16.3 Å². The zero-order valence-electron chi connectivity index (χ0n) is 17.4. The minimum Gasteiger partial charge on any atom is -0.459 e. The van der Waals surface area contributed by atoms with Crippen molar-refractivity contribution in [2.24, 2.45) is 0 Å². The predicted octanol–water partition coefficient (Wildman–Crippen LogP) is 5.48. The molecule has 0 spiro atoms. The molecule has 1 aromatic heterocycles. The van der Waals surface area contributed by atoms with Crippen molar-refractivity contribution >= 4 is 29.3 Å². The average molecular weight is 454 g/mol. The number of carbonyl (C=O) groups excluding carboxylic acids is 2. The van der Waals surface area contributed by atoms with E-state index in [1.807, 2.05) is 48.5 Å². The third-order valence-corrected chi connectivity index (χ3v) is 5.92. The van der Waals surface area contributed by atoms with Gasteiger partial charge in [-0.3, -0.25) is 9.59 Å². The fourth-order valence-electron chi connectivity index (χ4n) is 3.09. The van der Waals surface area contributed by atoms with E-state index < -0.39 is 0 Å². The lowest BCUT2D eigenvalue weighted by Crippen LogP contribution is -2.23. The molecule has 0 fully saturated rings. The number of nitrogens with zero attached hydrogens (tertiary/aromatic N) is 1. The van der Waals surface area contributed by atoms with Crippen molar-refractivity contribution in [1.29, 1.82) is 5.26 Å². The fourth-order valence-corrected chi connectivity index (χ4v) is 4.12. The second-order valence-corrected chi connectivity index (χ2v) is 8.10. The summed E-state index contributed by atoms with van der Waals surface area (Å²) in [6.07, 6.45) is 1.44. The maximum atomic E-state index is 12.9. The van der Waals surface area contributed by atoms with Gasteiger partial charge in [-0.05, 0) is 54.1 Å². The first-order valence-corrected chi connectivity index (χ1v) is 10.9. The van der Waals surface area contributed by atoms with Crippen molar-refractivity contribution in [2.75, 3.05) is 5.32 Å². The highest BCUT2D eigenvalue weighted by Crippen LogP contribution is 2.32. The SMILES string of the molecule is N#Cc1ccccc1Sc1ccccc1C(=O)NCc1ccc(NC(=O)c2ccco2)cc1. The Hall–Kier alpha value is -4.28. The largest absolute Gasteiger partial charge is 0.459 e. The number of hydrogen-bond acceptors (Lipinski definition) is 5. The molecular formula is C26H19N3O3S. The molecule has 0 saturated heterocycles. The summed E-state index contributed by atoms with van der Waals surface area (Å²) in [7, 11) is 0. The number of rotatable bonds is 7. The summed E-state index contributed by atoms with van der Waals surface area (Å²) < 4.78 is 5.08. The molecule has 0 aliphatic rings. The molecule has 0 bridgehead atoms. The first-order chi connectivity index (χ1) is 16.1. The van der Waals surface area contributed by atoms with E-state index in [-0.39, 0.29) is 17.6 Å². The van der Waals surface area contributed by atoms with Crippen LogP contribution in [0.1, 0.15) is 32.0 Å². The number of benzene rings is 3. The van der Waals surface area contributed by atoms with Gasteiger partial charge in [0.25, 0.3) is 11.8 Å². The van der Waals surface area contributed by atoms with Crippen molar-refractivity contribution < 1.29 is 14.0 Å². The molecule has 0 aliphatic heterocycles. The normalized spacial score (nSPS) is 10.3. The van der Waals surface area contributed by atoms with Gasteiger partial charge in [-0.15, -0.1) is 0 Å². The standard InChI is InChI=1S/C26H19N3O3S/c27-16-19-6-1-3-9-23(19)33-24-10-4-2-7-21(24)25(30)28-17-18-11-13-20(14-12-18)29-26(31)22-8-5-15-32-22/h1-15H,17H2,(H,28,30)(H,29,31). The third-order valence-electron chi connectivity index (χ3n) is 4.77. The van der Waals surface area contributed by atoms with Gasteiger partial charge >= 0.3 is 0 Å². The quantitative estimate of drug-likeness (QED) is 0.386. The van der Waals surface area contributed by atoms with Crippen molar-refractivity contribution in [3.05, 3.63) is 114 Å². The number of nitriles is 1. The van der Waals surface area contributed by atoms with E-state index in [1.165, 1.54) is 18.0 Å². The van der Waals surface area contributed by atoms with E-state index in [4.69, 9.17) is 4.42 Å². The highest BCUT2D eigenvalue weighted by atomic mass is 32.2. The van der Waals surface area contributed by atoms with Crippen LogP contribution >= 0.6 is 11.8 Å². The Kier molecular flexibility index (Phi) is 6.88. The van der Waals surface area contributed by atoms with Crippen LogP contribution in [0.5, 0.6) is 0 Å². The number of amides is 2. The fraction of sp³-hybridized carbons (Fsp3) is 0.0385. The number of hydrogen-bond donors (Lipinski definition) is 2. The summed E-state index contributed by atoms with van der Waals surface area (Å²) in [5, 5.41) is 15.0. The smallest absolute Gasteiger partial charge is 0.291 e. The van der Waals surface area contributed by atoms with Crippen LogP contribution in [0.15, 0.2) is 105 Å². The maximum Gasteiger partial charge on any atom is 0.291 e. The molecule has 0 aliphatic carbocycles. The first kappa shape index (κ1) is 21.9. The maximum absolute atomic E-state index is 12.9. The Morgan fingerprint density at radius 1 is 0.848 bits per heavy atom. The Balaban J connectivity index is 1.39. The molecule has 162 valence electrons. The molecule has 3 aromatic carbocycles. The van der Waals surface area contributed by atoms with Gasteiger partial charge in [0, 0.05) is 22.0 Å². The number of nitrogens with one attached hydrogen (secondary N) is 2. The molecule has 2 N–H and O–H groups in total. The van der Waals surface area contributed by atoms with Crippen molar-refractivity contribution in [3.63, 3.8) is 0 Å². The summed E-state index contributed by atoms with van der Waals surface area (Å²) >= 11 is 1.39. The highest BCUT2D eigenvalue weighted by molar-refractivity contribution is 7.99. The second-order valence-electron chi connectivity index (χ2n) is 7.02. The van der Waals surface area contributed by atoms with E-state index in [1.54, 1.807) is 36.4 Å². The van der Waals surface area contributed by atoms with Gasteiger partial charge in [0.15, 0.2) is 5.76 Å². The van der Waals surface area contributed by atoms with Gasteiger partial charge < -0.3 is 15.1 Å². The molecule has 33 heavy (non-hydrogen) atoms. The van der Waals surface area contributed by atoms with Crippen molar-refractivity contribution in [3.8, 4) is 6.07 Å². The van der Waals surface area contributed by atoms with E-state index >= 15 is 0 Å². The summed E-state index contributed by atoms with van der Waals surface area (Å²) in [6.45, 7) is 0.332. The monoisotopic (exact) mass is 453 g/mol. The zero-order valence-corrected chi connectivity index (χ0v) is 18.3. The van der Waals surface area contributed by atoms with Gasteiger partial charge in [0.05, 0.1) is 17.4 Å². The molecule has 4 aromatic rings. The van der Waals surface area contributed by atoms with Gasteiger partial charge in [-0.2, -0.15) is 5.26 Å². The molecule has 4 rings (SSSR count). The van der Waals surface area contributed by atoms with E-state index in [2.05, 4.69) is 16.7 Å². The Morgan fingerprint density at radius 3 is 2.30 bits per heavy atom. The number of carbonyl (C=O) groups is 2. The minimum absolute atomic E-state index is 0.206. The minimum atomic E-state index is -0.326.